The van der Waals surface area contributed by atoms with E-state index in [2.05, 4.69) is 0 Å². The van der Waals surface area contributed by atoms with E-state index in [9.17, 15) is 18.0 Å². The van der Waals surface area contributed by atoms with E-state index in [-0.39, 0.29) is 16.2 Å². The topological polar surface area (TPSA) is 93.2 Å². The summed E-state index contributed by atoms with van der Waals surface area (Å²) in [7, 11) is -1.28. The van der Waals surface area contributed by atoms with Gasteiger partial charge in [-0.15, -0.1) is 0 Å². The van der Waals surface area contributed by atoms with Gasteiger partial charge in [-0.3, -0.25) is 0 Å². The third kappa shape index (κ3) is 4.40. The smallest absolute Gasteiger partial charge is 0.355 e. The fraction of sp³-hybridized carbons (Fsp3) is 0.200. The molecule has 0 aliphatic carbocycles. The van der Waals surface area contributed by atoms with E-state index >= 15 is 0 Å². The second kappa shape index (κ2) is 9.66. The van der Waals surface area contributed by atoms with Gasteiger partial charge in [-0.05, 0) is 54.0 Å². The van der Waals surface area contributed by atoms with Crippen LogP contribution in [0.5, 0.6) is 0 Å². The second-order valence-electron chi connectivity index (χ2n) is 7.67. The predicted molar refractivity (Wildman–Crippen MR) is 126 cm³/mol. The Hall–Kier alpha value is -3.69. The van der Waals surface area contributed by atoms with Crippen molar-refractivity contribution in [3.63, 3.8) is 0 Å². The molecule has 0 aromatic heterocycles. The van der Waals surface area contributed by atoms with Crippen LogP contribution >= 0.6 is 0 Å². The number of hydrogen-bond acceptors (Lipinski definition) is 7. The van der Waals surface area contributed by atoms with E-state index in [1.807, 2.05) is 24.3 Å². The van der Waals surface area contributed by atoms with E-state index in [1.165, 1.54) is 41.6 Å². The molecule has 0 spiro atoms. The predicted octanol–water partition coefficient (Wildman–Crippen LogP) is 2.92. The van der Waals surface area contributed by atoms with Gasteiger partial charge in [-0.1, -0.05) is 30.3 Å². The molecule has 0 saturated heterocycles. The van der Waals surface area contributed by atoms with Crippen LogP contribution in [0.15, 0.2) is 89.1 Å². The van der Waals surface area contributed by atoms with Crippen LogP contribution in [0.4, 0.5) is 5.69 Å². The van der Waals surface area contributed by atoms with Crippen molar-refractivity contribution in [3.05, 3.63) is 95.4 Å². The maximum absolute atomic E-state index is 13.3. The number of nitrogens with zero attached hydrogens (tertiary/aromatic N) is 2. The number of carbonyl (C=O) groups is 2. The average Bonchev–Trinajstić information content (AvgIpc) is 3.10. The molecule has 2 aromatic carbocycles. The Labute approximate surface area is 198 Å². The average molecular weight is 481 g/mol. The maximum Gasteiger partial charge on any atom is 0.355 e. The number of esters is 2. The molecule has 9 heteroatoms. The van der Waals surface area contributed by atoms with Crippen molar-refractivity contribution in [2.24, 2.45) is 0 Å². The van der Waals surface area contributed by atoms with Crippen LogP contribution in [0.2, 0.25) is 0 Å². The second-order valence-corrected chi connectivity index (χ2v) is 9.61. The summed E-state index contributed by atoms with van der Waals surface area (Å²) in [6.45, 7) is 0.720. The fourth-order valence-corrected chi connectivity index (χ4v) is 5.39. The van der Waals surface area contributed by atoms with Crippen LogP contribution in [0.1, 0.15) is 11.1 Å². The molecule has 2 aromatic rings. The van der Waals surface area contributed by atoms with Gasteiger partial charge >= 0.3 is 11.9 Å². The van der Waals surface area contributed by atoms with Crippen molar-refractivity contribution in [1.29, 1.82) is 0 Å². The first kappa shape index (κ1) is 23.5. The third-order valence-electron chi connectivity index (χ3n) is 5.74. The number of benzene rings is 2. The van der Waals surface area contributed by atoms with E-state index < -0.39 is 22.0 Å². The Bertz CT molecular complexity index is 1310. The number of fused-ring (bicyclic) bond motifs is 1. The quantitative estimate of drug-likeness (QED) is 0.608. The first-order chi connectivity index (χ1) is 16.4. The normalized spacial score (nSPS) is 16.1. The highest BCUT2D eigenvalue weighted by atomic mass is 32.2. The van der Waals surface area contributed by atoms with Gasteiger partial charge in [0.15, 0.2) is 0 Å². The van der Waals surface area contributed by atoms with Crippen LogP contribution in [0.25, 0.3) is 0 Å². The lowest BCUT2D eigenvalue weighted by molar-refractivity contribution is -0.139. The number of sulfonamides is 1. The summed E-state index contributed by atoms with van der Waals surface area (Å²) < 4.78 is 37.7. The lowest BCUT2D eigenvalue weighted by Crippen LogP contribution is -2.35. The Morgan fingerprint density at radius 1 is 0.882 bits per heavy atom. The number of allylic oxidation sites excluding steroid dienone is 2. The maximum atomic E-state index is 13.3. The van der Waals surface area contributed by atoms with E-state index in [4.69, 9.17) is 9.47 Å². The Morgan fingerprint density at radius 3 is 2.24 bits per heavy atom. The van der Waals surface area contributed by atoms with Gasteiger partial charge in [0.25, 0.3) is 0 Å². The summed E-state index contributed by atoms with van der Waals surface area (Å²) in [6, 6.07) is 14.0. The van der Waals surface area contributed by atoms with Gasteiger partial charge in [0, 0.05) is 25.0 Å². The molecule has 2 aliphatic heterocycles. The summed E-state index contributed by atoms with van der Waals surface area (Å²) in [5, 5.41) is 0. The zero-order chi connectivity index (χ0) is 24.3. The number of hydrogen-bond donors (Lipinski definition) is 0. The highest BCUT2D eigenvalue weighted by Crippen LogP contribution is 2.29. The number of anilines is 1. The lowest BCUT2D eigenvalue weighted by Gasteiger charge is -2.28. The van der Waals surface area contributed by atoms with Crippen LogP contribution in [-0.4, -0.2) is 45.4 Å². The number of methoxy groups -OCH3 is 2. The molecular formula is C25H24N2O6S. The molecule has 34 heavy (non-hydrogen) atoms. The molecule has 4 rings (SSSR count). The largest absolute Gasteiger partial charge is 0.465 e. The number of ether oxygens (including phenoxy) is 2. The zero-order valence-corrected chi connectivity index (χ0v) is 19.6. The van der Waals surface area contributed by atoms with Gasteiger partial charge < -0.3 is 14.4 Å². The molecule has 2 aliphatic rings. The molecule has 0 unspecified atom stereocenters. The first-order valence-electron chi connectivity index (χ1n) is 10.6. The van der Waals surface area contributed by atoms with Gasteiger partial charge in [0.1, 0.15) is 5.70 Å². The molecule has 0 fully saturated rings. The molecule has 0 atom stereocenters. The Morgan fingerprint density at radius 2 is 1.56 bits per heavy atom. The summed E-state index contributed by atoms with van der Waals surface area (Å²) in [4.78, 5) is 26.5. The minimum absolute atomic E-state index is 0.0167. The molecule has 176 valence electrons. The highest BCUT2D eigenvalue weighted by molar-refractivity contribution is 7.89. The van der Waals surface area contributed by atoms with Crippen molar-refractivity contribution < 1.29 is 27.5 Å². The van der Waals surface area contributed by atoms with Gasteiger partial charge in [-0.2, -0.15) is 4.31 Å². The van der Waals surface area contributed by atoms with Gasteiger partial charge in [0.05, 0.1) is 24.7 Å². The van der Waals surface area contributed by atoms with Crippen LogP contribution in [0.3, 0.4) is 0 Å². The van der Waals surface area contributed by atoms with Crippen molar-refractivity contribution in [2.75, 3.05) is 25.7 Å². The fourth-order valence-electron chi connectivity index (χ4n) is 3.97. The Kier molecular flexibility index (Phi) is 6.67. The molecule has 0 amide bonds. The summed E-state index contributed by atoms with van der Waals surface area (Å²) >= 11 is 0. The highest BCUT2D eigenvalue weighted by Gasteiger charge is 2.30. The molecule has 0 saturated carbocycles. The lowest BCUT2D eigenvalue weighted by atomic mass is 10.0. The van der Waals surface area contributed by atoms with Gasteiger partial charge in [-0.25, -0.2) is 18.0 Å². The van der Waals surface area contributed by atoms with Crippen LogP contribution in [0, 0.1) is 0 Å². The summed E-state index contributed by atoms with van der Waals surface area (Å²) in [6.07, 6.45) is 6.95. The number of carbonyl (C=O) groups excluding carboxylic acids is 2. The SMILES string of the molecule is COC(=O)C1=C(C(=O)OC)N(c2ccc(S(=O)(=O)N3CCc4ccccc4C3)cc2)C=CC=C1. The van der Waals surface area contributed by atoms with Gasteiger partial charge in [0.2, 0.25) is 10.0 Å². The standard InChI is InChI=1S/C25H24N2O6S/c1-32-24(28)22-9-5-6-15-27(23(22)25(29)33-2)20-10-12-21(13-11-20)34(30,31)26-16-14-18-7-3-4-8-19(18)17-26/h3-13,15H,14,16-17H2,1-2H3. The van der Waals surface area contributed by atoms with Crippen LogP contribution in [-0.2, 0) is 42.1 Å². The van der Waals surface area contributed by atoms with Crippen molar-refractivity contribution in [3.8, 4) is 0 Å². The minimum atomic E-state index is -3.72. The van der Waals surface area contributed by atoms with E-state index in [0.717, 1.165) is 11.1 Å². The first-order valence-corrected chi connectivity index (χ1v) is 12.0. The van der Waals surface area contributed by atoms with Crippen molar-refractivity contribution in [2.45, 2.75) is 17.9 Å². The third-order valence-corrected chi connectivity index (χ3v) is 7.60. The molecule has 2 heterocycles. The minimum Gasteiger partial charge on any atom is -0.465 e. The summed E-state index contributed by atoms with van der Waals surface area (Å²) in [5.41, 5.74) is 2.61. The monoisotopic (exact) mass is 480 g/mol. The van der Waals surface area contributed by atoms with E-state index in [1.54, 1.807) is 30.5 Å². The molecule has 0 bridgehead atoms. The van der Waals surface area contributed by atoms with Crippen LogP contribution < -0.4 is 4.90 Å². The summed E-state index contributed by atoms with van der Waals surface area (Å²) in [5.74, 6) is -1.43. The molecule has 0 N–H and O–H groups in total. The van der Waals surface area contributed by atoms with Crippen molar-refractivity contribution in [1.82, 2.24) is 4.31 Å². The molecule has 0 radical (unpaired) electrons. The molecule has 8 nitrogen and oxygen atoms in total. The van der Waals surface area contributed by atoms with E-state index in [0.29, 0.717) is 25.2 Å². The molecular weight excluding hydrogens is 456 g/mol. The zero-order valence-electron chi connectivity index (χ0n) is 18.8. The number of rotatable bonds is 5. The van der Waals surface area contributed by atoms with Crippen molar-refractivity contribution >= 4 is 27.6 Å². The Balaban J connectivity index is 1.66.